The van der Waals surface area contributed by atoms with Gasteiger partial charge in [-0.15, -0.1) is 0 Å². The number of hydrogen-bond acceptors (Lipinski definition) is 1. The van der Waals surface area contributed by atoms with Crippen molar-refractivity contribution in [3.8, 4) is 0 Å². The van der Waals surface area contributed by atoms with Crippen molar-refractivity contribution in [3.63, 3.8) is 0 Å². The summed E-state index contributed by atoms with van der Waals surface area (Å²) in [5.74, 6) is -0.823. The number of carboxylic acids is 1. The van der Waals surface area contributed by atoms with Gasteiger partial charge in [-0.2, -0.15) is 0 Å². The van der Waals surface area contributed by atoms with Gasteiger partial charge in [-0.1, -0.05) is 19.9 Å². The van der Waals surface area contributed by atoms with E-state index in [1.165, 1.54) is 11.1 Å². The molecule has 0 heterocycles. The van der Waals surface area contributed by atoms with Crippen LogP contribution in [0.4, 0.5) is 0 Å². The summed E-state index contributed by atoms with van der Waals surface area (Å²) in [6.07, 6.45) is 1.68. The van der Waals surface area contributed by atoms with Crippen LogP contribution in [0.15, 0.2) is 12.1 Å². The molecule has 1 rings (SSSR count). The molecule has 0 aliphatic heterocycles. The highest BCUT2D eigenvalue weighted by Gasteiger charge is 2.12. The Labute approximate surface area is 84.6 Å². The Morgan fingerprint density at radius 1 is 1.21 bits per heavy atom. The van der Waals surface area contributed by atoms with Crippen molar-refractivity contribution in [1.82, 2.24) is 0 Å². The van der Waals surface area contributed by atoms with Gasteiger partial charge in [-0.05, 0) is 42.5 Å². The van der Waals surface area contributed by atoms with E-state index in [1.54, 1.807) is 6.07 Å². The first-order valence-corrected chi connectivity index (χ1v) is 4.96. The molecule has 2 nitrogen and oxygen atoms in total. The van der Waals surface area contributed by atoms with Crippen molar-refractivity contribution in [1.29, 1.82) is 0 Å². The zero-order valence-electron chi connectivity index (χ0n) is 8.92. The van der Waals surface area contributed by atoms with Crippen LogP contribution in [-0.2, 0) is 12.8 Å². The third-order valence-corrected chi connectivity index (χ3v) is 2.60. The number of benzene rings is 1. The molecule has 0 unspecified atom stereocenters. The molecular formula is C12H16O2. The minimum Gasteiger partial charge on any atom is -0.478 e. The standard InChI is InChI=1S/C12H16O2/c1-4-9-8(3)6-7-11(12(13)14)10(9)5-2/h6-7H,4-5H2,1-3H3,(H,13,14). The molecule has 0 saturated heterocycles. The molecule has 0 bridgehead atoms. The average Bonchev–Trinajstić information content (AvgIpc) is 2.16. The molecule has 76 valence electrons. The Balaban J connectivity index is 3.40. The number of aryl methyl sites for hydroxylation is 1. The van der Waals surface area contributed by atoms with Gasteiger partial charge >= 0.3 is 5.97 Å². The van der Waals surface area contributed by atoms with Crippen LogP contribution in [-0.4, -0.2) is 11.1 Å². The summed E-state index contributed by atoms with van der Waals surface area (Å²) in [6.45, 7) is 6.09. The highest BCUT2D eigenvalue weighted by molar-refractivity contribution is 5.90. The van der Waals surface area contributed by atoms with Gasteiger partial charge in [0.05, 0.1) is 5.56 Å². The summed E-state index contributed by atoms with van der Waals surface area (Å²) in [6, 6.07) is 3.59. The number of rotatable bonds is 3. The maximum atomic E-state index is 11.0. The lowest BCUT2D eigenvalue weighted by Gasteiger charge is -2.12. The van der Waals surface area contributed by atoms with E-state index in [0.717, 1.165) is 18.4 Å². The van der Waals surface area contributed by atoms with E-state index in [0.29, 0.717) is 5.56 Å². The third kappa shape index (κ3) is 1.79. The highest BCUT2D eigenvalue weighted by Crippen LogP contribution is 2.20. The lowest BCUT2D eigenvalue weighted by Crippen LogP contribution is -2.06. The minimum absolute atomic E-state index is 0.454. The number of carbonyl (C=O) groups is 1. The second-order valence-electron chi connectivity index (χ2n) is 3.40. The van der Waals surface area contributed by atoms with Crippen LogP contribution in [0.2, 0.25) is 0 Å². The topological polar surface area (TPSA) is 37.3 Å². The van der Waals surface area contributed by atoms with Crippen molar-refractivity contribution in [2.75, 3.05) is 0 Å². The molecule has 0 saturated carbocycles. The first-order chi connectivity index (χ1) is 6.61. The smallest absolute Gasteiger partial charge is 0.335 e. The molecule has 0 atom stereocenters. The van der Waals surface area contributed by atoms with Gasteiger partial charge in [-0.25, -0.2) is 4.79 Å². The third-order valence-electron chi connectivity index (χ3n) is 2.60. The van der Waals surface area contributed by atoms with E-state index >= 15 is 0 Å². The SMILES string of the molecule is CCc1c(C)ccc(C(=O)O)c1CC. The first kappa shape index (κ1) is 10.8. The second kappa shape index (κ2) is 4.27. The van der Waals surface area contributed by atoms with Crippen molar-refractivity contribution in [2.45, 2.75) is 33.6 Å². The van der Waals surface area contributed by atoms with Gasteiger partial charge in [-0.3, -0.25) is 0 Å². The molecular weight excluding hydrogens is 176 g/mol. The summed E-state index contributed by atoms with van der Waals surface area (Å²) in [7, 11) is 0. The predicted molar refractivity (Wildman–Crippen MR) is 56.9 cm³/mol. The maximum absolute atomic E-state index is 11.0. The van der Waals surface area contributed by atoms with Crippen LogP contribution in [0, 0.1) is 6.92 Å². The van der Waals surface area contributed by atoms with Crippen LogP contribution in [0.3, 0.4) is 0 Å². The Morgan fingerprint density at radius 2 is 1.79 bits per heavy atom. The normalized spacial score (nSPS) is 10.2. The molecule has 14 heavy (non-hydrogen) atoms. The molecule has 1 aromatic carbocycles. The minimum atomic E-state index is -0.823. The quantitative estimate of drug-likeness (QED) is 0.799. The Bertz CT molecular complexity index is 354. The van der Waals surface area contributed by atoms with Crippen LogP contribution < -0.4 is 0 Å². The fraction of sp³-hybridized carbons (Fsp3) is 0.417. The highest BCUT2D eigenvalue weighted by atomic mass is 16.4. The zero-order valence-corrected chi connectivity index (χ0v) is 8.92. The lowest BCUT2D eigenvalue weighted by atomic mass is 9.93. The predicted octanol–water partition coefficient (Wildman–Crippen LogP) is 2.82. The summed E-state index contributed by atoms with van der Waals surface area (Å²) >= 11 is 0. The van der Waals surface area contributed by atoms with Gasteiger partial charge in [0, 0.05) is 0 Å². The number of hydrogen-bond donors (Lipinski definition) is 1. The maximum Gasteiger partial charge on any atom is 0.335 e. The van der Waals surface area contributed by atoms with Crippen LogP contribution in [0.25, 0.3) is 0 Å². The van der Waals surface area contributed by atoms with Gasteiger partial charge in [0.2, 0.25) is 0 Å². The molecule has 2 heteroatoms. The van der Waals surface area contributed by atoms with Crippen LogP contribution in [0.5, 0.6) is 0 Å². The molecule has 1 aromatic rings. The van der Waals surface area contributed by atoms with Gasteiger partial charge in [0.1, 0.15) is 0 Å². The van der Waals surface area contributed by atoms with E-state index in [4.69, 9.17) is 5.11 Å². The van der Waals surface area contributed by atoms with Gasteiger partial charge in [0.15, 0.2) is 0 Å². The van der Waals surface area contributed by atoms with Crippen molar-refractivity contribution >= 4 is 5.97 Å². The average molecular weight is 192 g/mol. The lowest BCUT2D eigenvalue weighted by molar-refractivity contribution is 0.0695. The summed E-state index contributed by atoms with van der Waals surface area (Å²) < 4.78 is 0. The van der Waals surface area contributed by atoms with Crippen molar-refractivity contribution in [2.24, 2.45) is 0 Å². The molecule has 0 aromatic heterocycles. The molecule has 0 amide bonds. The van der Waals surface area contributed by atoms with E-state index in [1.807, 2.05) is 19.9 Å². The van der Waals surface area contributed by atoms with Crippen molar-refractivity contribution < 1.29 is 9.90 Å². The Kier molecular flexibility index (Phi) is 3.28. The molecule has 0 aliphatic rings. The molecule has 1 N–H and O–H groups in total. The van der Waals surface area contributed by atoms with Crippen LogP contribution >= 0.6 is 0 Å². The van der Waals surface area contributed by atoms with E-state index in [9.17, 15) is 4.79 Å². The van der Waals surface area contributed by atoms with E-state index in [-0.39, 0.29) is 0 Å². The fourth-order valence-corrected chi connectivity index (χ4v) is 1.91. The summed E-state index contributed by atoms with van der Waals surface area (Å²) in [4.78, 5) is 11.0. The monoisotopic (exact) mass is 192 g/mol. The van der Waals surface area contributed by atoms with Gasteiger partial charge in [0.25, 0.3) is 0 Å². The number of carboxylic acid groups (broad SMARTS) is 1. The number of aromatic carboxylic acids is 1. The van der Waals surface area contributed by atoms with E-state index in [2.05, 4.69) is 6.92 Å². The largest absolute Gasteiger partial charge is 0.478 e. The molecule has 0 spiro atoms. The Morgan fingerprint density at radius 3 is 2.21 bits per heavy atom. The van der Waals surface area contributed by atoms with Gasteiger partial charge < -0.3 is 5.11 Å². The fourth-order valence-electron chi connectivity index (χ4n) is 1.91. The van der Waals surface area contributed by atoms with Crippen LogP contribution in [0.1, 0.15) is 40.9 Å². The summed E-state index contributed by atoms with van der Waals surface area (Å²) in [5.41, 5.74) is 3.82. The zero-order chi connectivity index (χ0) is 10.7. The molecule has 0 aliphatic carbocycles. The van der Waals surface area contributed by atoms with E-state index < -0.39 is 5.97 Å². The second-order valence-corrected chi connectivity index (χ2v) is 3.40. The first-order valence-electron chi connectivity index (χ1n) is 4.96. The summed E-state index contributed by atoms with van der Waals surface area (Å²) in [5, 5.41) is 9.01. The Hall–Kier alpha value is -1.31. The molecule has 0 radical (unpaired) electrons. The van der Waals surface area contributed by atoms with Crippen molar-refractivity contribution in [3.05, 3.63) is 34.4 Å². The molecule has 0 fully saturated rings.